The van der Waals surface area contributed by atoms with Crippen molar-refractivity contribution in [3.05, 3.63) is 60.2 Å². The van der Waals surface area contributed by atoms with Gasteiger partial charge in [-0.15, -0.1) is 0 Å². The molecule has 1 aliphatic rings. The zero-order valence-corrected chi connectivity index (χ0v) is 14.6. The fourth-order valence-electron chi connectivity index (χ4n) is 2.86. The summed E-state index contributed by atoms with van der Waals surface area (Å²) >= 11 is 0. The lowest BCUT2D eigenvalue weighted by atomic mass is 9.93. The molecule has 0 aliphatic carbocycles. The molecule has 0 fully saturated rings. The lowest BCUT2D eigenvalue weighted by molar-refractivity contribution is -0.135. The number of fused-ring (bicyclic) bond motifs is 1. The van der Waals surface area contributed by atoms with Gasteiger partial charge in [-0.1, -0.05) is 49.4 Å². The third-order valence-corrected chi connectivity index (χ3v) is 4.32. The maximum atomic E-state index is 12.2. The topological polar surface area (TPSA) is 76.7 Å². The van der Waals surface area contributed by atoms with Crippen molar-refractivity contribution in [1.29, 1.82) is 0 Å². The molecule has 2 unspecified atom stereocenters. The van der Waals surface area contributed by atoms with Crippen LogP contribution in [0, 0.1) is 0 Å². The van der Waals surface area contributed by atoms with Gasteiger partial charge in [0, 0.05) is 6.42 Å². The minimum Gasteiger partial charge on any atom is -0.485 e. The molecule has 6 nitrogen and oxygen atoms in total. The third-order valence-electron chi connectivity index (χ3n) is 4.32. The van der Waals surface area contributed by atoms with Gasteiger partial charge in [-0.3, -0.25) is 20.4 Å². The Balaban J connectivity index is 1.49. The zero-order valence-electron chi connectivity index (χ0n) is 14.6. The van der Waals surface area contributed by atoms with Crippen LogP contribution in [0.4, 0.5) is 0 Å². The minimum atomic E-state index is -0.804. The second-order valence-electron chi connectivity index (χ2n) is 6.12. The number of amides is 2. The normalized spacial score (nSPS) is 16.4. The summed E-state index contributed by atoms with van der Waals surface area (Å²) in [5.41, 5.74) is 5.99. The number of benzene rings is 2. The molecule has 0 saturated carbocycles. The van der Waals surface area contributed by atoms with Crippen molar-refractivity contribution in [2.45, 2.75) is 31.8 Å². The Labute approximate surface area is 152 Å². The molecule has 2 aromatic carbocycles. The number of para-hydroxylation sites is 2. The third kappa shape index (κ3) is 4.33. The van der Waals surface area contributed by atoms with Gasteiger partial charge >= 0.3 is 0 Å². The van der Waals surface area contributed by atoms with Crippen molar-refractivity contribution in [2.75, 3.05) is 6.61 Å². The molecule has 0 bridgehead atoms. The molecule has 0 saturated heterocycles. The van der Waals surface area contributed by atoms with E-state index >= 15 is 0 Å². The van der Waals surface area contributed by atoms with Crippen molar-refractivity contribution >= 4 is 11.8 Å². The summed E-state index contributed by atoms with van der Waals surface area (Å²) in [5.74, 6) is 0.538. The molecule has 0 aromatic heterocycles. The number of rotatable bonds is 5. The molecule has 2 amide bonds. The summed E-state index contributed by atoms with van der Waals surface area (Å²) in [4.78, 5) is 24.4. The van der Waals surface area contributed by atoms with E-state index in [0.717, 1.165) is 12.0 Å². The Morgan fingerprint density at radius 1 is 1.04 bits per heavy atom. The van der Waals surface area contributed by atoms with Crippen LogP contribution in [0.25, 0.3) is 0 Å². The number of hydrazine groups is 1. The first-order valence-electron chi connectivity index (χ1n) is 8.69. The van der Waals surface area contributed by atoms with Crippen molar-refractivity contribution in [2.24, 2.45) is 0 Å². The highest BCUT2D eigenvalue weighted by molar-refractivity contribution is 5.85. The highest BCUT2D eigenvalue weighted by atomic mass is 16.6. The molecule has 2 atom stereocenters. The molecule has 6 heteroatoms. The molecule has 136 valence electrons. The Kier molecular flexibility index (Phi) is 5.73. The first kappa shape index (κ1) is 17.8. The van der Waals surface area contributed by atoms with Gasteiger partial charge < -0.3 is 9.47 Å². The lowest BCUT2D eigenvalue weighted by Crippen LogP contribution is -2.51. The maximum Gasteiger partial charge on any atom is 0.283 e. The van der Waals surface area contributed by atoms with Gasteiger partial charge in [-0.2, -0.15) is 0 Å². The summed E-state index contributed by atoms with van der Waals surface area (Å²) in [7, 11) is 0. The van der Waals surface area contributed by atoms with E-state index in [2.05, 4.69) is 10.9 Å². The van der Waals surface area contributed by atoms with Gasteiger partial charge in [0.05, 0.1) is 0 Å². The summed E-state index contributed by atoms with van der Waals surface area (Å²) in [6.45, 7) is 2.13. The second kappa shape index (κ2) is 8.38. The number of nitrogens with one attached hydrogen (secondary N) is 2. The maximum absolute atomic E-state index is 12.2. The van der Waals surface area contributed by atoms with Crippen molar-refractivity contribution < 1.29 is 19.1 Å². The van der Waals surface area contributed by atoms with E-state index < -0.39 is 12.0 Å². The fraction of sp³-hybridized carbons (Fsp3) is 0.300. The van der Waals surface area contributed by atoms with Gasteiger partial charge in [0.1, 0.15) is 6.61 Å². The summed E-state index contributed by atoms with van der Waals surface area (Å²) < 4.78 is 11.1. The van der Waals surface area contributed by atoms with E-state index in [0.29, 0.717) is 17.9 Å². The van der Waals surface area contributed by atoms with E-state index in [1.54, 1.807) is 18.2 Å². The molecule has 1 aliphatic heterocycles. The lowest BCUT2D eigenvalue weighted by Gasteiger charge is -2.25. The highest BCUT2D eigenvalue weighted by Gasteiger charge is 2.27. The molecule has 0 radical (unpaired) electrons. The van der Waals surface area contributed by atoms with Crippen LogP contribution in [0.2, 0.25) is 0 Å². The molecular weight excluding hydrogens is 332 g/mol. The standard InChI is InChI=1S/C20H22N2O4/c1-2-14(15-8-4-3-5-9-15)12-19(23)21-22-20(24)18-13-25-16-10-6-7-11-17(16)26-18/h3-11,14,18H,2,12-13H2,1H3,(H,21,23)(H,22,24). The van der Waals surface area contributed by atoms with Crippen molar-refractivity contribution in [3.63, 3.8) is 0 Å². The average molecular weight is 354 g/mol. The number of hydrogen-bond acceptors (Lipinski definition) is 4. The van der Waals surface area contributed by atoms with E-state index in [-0.39, 0.29) is 18.4 Å². The Bertz CT molecular complexity index is 763. The predicted molar refractivity (Wildman–Crippen MR) is 96.7 cm³/mol. The molecule has 2 N–H and O–H groups in total. The summed E-state index contributed by atoms with van der Waals surface area (Å²) in [6.07, 6.45) is 0.328. The van der Waals surface area contributed by atoms with E-state index in [4.69, 9.17) is 9.47 Å². The molecule has 3 rings (SSSR count). The summed E-state index contributed by atoms with van der Waals surface area (Å²) in [6, 6.07) is 17.0. The van der Waals surface area contributed by atoms with E-state index in [1.165, 1.54) is 0 Å². The second-order valence-corrected chi connectivity index (χ2v) is 6.12. The van der Waals surface area contributed by atoms with Gasteiger partial charge in [-0.25, -0.2) is 0 Å². The van der Waals surface area contributed by atoms with Crippen LogP contribution < -0.4 is 20.3 Å². The zero-order chi connectivity index (χ0) is 18.4. The van der Waals surface area contributed by atoms with Crippen LogP contribution in [0.1, 0.15) is 31.2 Å². The largest absolute Gasteiger partial charge is 0.485 e. The molecule has 0 spiro atoms. The SMILES string of the molecule is CCC(CC(=O)NNC(=O)C1COc2ccccc2O1)c1ccccc1. The molecular formula is C20H22N2O4. The Morgan fingerprint density at radius 3 is 2.46 bits per heavy atom. The van der Waals surface area contributed by atoms with Crippen LogP contribution in [0.15, 0.2) is 54.6 Å². The van der Waals surface area contributed by atoms with Crippen LogP contribution in [-0.2, 0) is 9.59 Å². The quantitative estimate of drug-likeness (QED) is 0.809. The van der Waals surface area contributed by atoms with E-state index in [9.17, 15) is 9.59 Å². The van der Waals surface area contributed by atoms with Crippen LogP contribution in [0.5, 0.6) is 11.5 Å². The first-order chi connectivity index (χ1) is 12.7. The van der Waals surface area contributed by atoms with Gasteiger partial charge in [0.25, 0.3) is 5.91 Å². The van der Waals surface area contributed by atoms with Crippen molar-refractivity contribution in [3.8, 4) is 11.5 Å². The van der Waals surface area contributed by atoms with Gasteiger partial charge in [0.15, 0.2) is 11.5 Å². The minimum absolute atomic E-state index is 0.0975. The Morgan fingerprint density at radius 2 is 1.73 bits per heavy atom. The highest BCUT2D eigenvalue weighted by Crippen LogP contribution is 2.30. The smallest absolute Gasteiger partial charge is 0.283 e. The van der Waals surface area contributed by atoms with Crippen LogP contribution in [-0.4, -0.2) is 24.5 Å². The van der Waals surface area contributed by atoms with Gasteiger partial charge in [-0.05, 0) is 30.0 Å². The molecule has 2 aromatic rings. The molecule has 1 heterocycles. The average Bonchev–Trinajstić information content (AvgIpc) is 2.70. The number of carbonyl (C=O) groups is 2. The van der Waals surface area contributed by atoms with E-state index in [1.807, 2.05) is 43.3 Å². The van der Waals surface area contributed by atoms with Crippen molar-refractivity contribution in [1.82, 2.24) is 10.9 Å². The van der Waals surface area contributed by atoms with Gasteiger partial charge in [0.2, 0.25) is 12.0 Å². The first-order valence-corrected chi connectivity index (χ1v) is 8.69. The molecule has 26 heavy (non-hydrogen) atoms. The monoisotopic (exact) mass is 354 g/mol. The Hall–Kier alpha value is -3.02. The number of hydrogen-bond donors (Lipinski definition) is 2. The van der Waals surface area contributed by atoms with Crippen LogP contribution >= 0.6 is 0 Å². The summed E-state index contributed by atoms with van der Waals surface area (Å²) in [5, 5.41) is 0. The van der Waals surface area contributed by atoms with Crippen LogP contribution in [0.3, 0.4) is 0 Å². The number of carbonyl (C=O) groups excluding carboxylic acids is 2. The fourth-order valence-corrected chi connectivity index (χ4v) is 2.86. The predicted octanol–water partition coefficient (Wildman–Crippen LogP) is 2.56. The number of ether oxygens (including phenoxy) is 2.